The van der Waals surface area contributed by atoms with E-state index in [1.807, 2.05) is 37.4 Å². The Kier molecular flexibility index (Phi) is 4.80. The zero-order valence-electron chi connectivity index (χ0n) is 11.0. The molecule has 0 radical (unpaired) electrons. The van der Waals surface area contributed by atoms with E-state index in [4.69, 9.17) is 22.1 Å². The quantitative estimate of drug-likeness (QED) is 0.917. The summed E-state index contributed by atoms with van der Waals surface area (Å²) in [5.41, 5.74) is 7.83. The summed E-state index contributed by atoms with van der Waals surface area (Å²) in [6.07, 6.45) is 0.700. The van der Waals surface area contributed by atoms with Crippen LogP contribution in [0.1, 0.15) is 23.2 Å². The van der Waals surface area contributed by atoms with Gasteiger partial charge in [0.05, 0.1) is 0 Å². The Bertz CT molecular complexity index is 554. The van der Waals surface area contributed by atoms with Crippen LogP contribution >= 0.6 is 22.9 Å². The van der Waals surface area contributed by atoms with Gasteiger partial charge in [0, 0.05) is 27.7 Å². The summed E-state index contributed by atoms with van der Waals surface area (Å²) >= 11 is 7.81. The molecular formula is C14H17ClN2OS. The van der Waals surface area contributed by atoms with E-state index in [-0.39, 0.29) is 6.04 Å². The monoisotopic (exact) mass is 296 g/mol. The number of benzene rings is 1. The van der Waals surface area contributed by atoms with Gasteiger partial charge >= 0.3 is 0 Å². The van der Waals surface area contributed by atoms with Crippen LogP contribution < -0.4 is 10.5 Å². The largest absolute Gasteiger partial charge is 0.486 e. The molecule has 0 saturated carbocycles. The van der Waals surface area contributed by atoms with Crippen LogP contribution in [0.3, 0.4) is 0 Å². The van der Waals surface area contributed by atoms with Gasteiger partial charge in [0.15, 0.2) is 0 Å². The molecule has 0 aliphatic carbocycles. The van der Waals surface area contributed by atoms with E-state index < -0.39 is 0 Å². The summed E-state index contributed by atoms with van der Waals surface area (Å²) in [4.78, 5) is 4.37. The first kappa shape index (κ1) is 14.3. The van der Waals surface area contributed by atoms with Gasteiger partial charge in [-0.15, -0.1) is 11.3 Å². The first-order valence-electron chi connectivity index (χ1n) is 6.13. The molecule has 2 rings (SSSR count). The van der Waals surface area contributed by atoms with Gasteiger partial charge in [-0.2, -0.15) is 0 Å². The van der Waals surface area contributed by atoms with Gasteiger partial charge in [-0.3, -0.25) is 0 Å². The summed E-state index contributed by atoms with van der Waals surface area (Å²) < 4.78 is 5.83. The number of ether oxygens (including phenoxy) is 1. The number of hydrogen-bond donors (Lipinski definition) is 1. The lowest BCUT2D eigenvalue weighted by Crippen LogP contribution is -2.18. The second-order valence-electron chi connectivity index (χ2n) is 4.57. The Balaban J connectivity index is 2.13. The molecule has 1 heterocycles. The van der Waals surface area contributed by atoms with Gasteiger partial charge in [-0.1, -0.05) is 17.7 Å². The highest BCUT2D eigenvalue weighted by Crippen LogP contribution is 2.28. The molecule has 0 aliphatic rings. The molecule has 2 N–H and O–H groups in total. The van der Waals surface area contributed by atoms with Crippen molar-refractivity contribution in [2.45, 2.75) is 32.9 Å². The van der Waals surface area contributed by atoms with E-state index >= 15 is 0 Å². The Morgan fingerprint density at radius 1 is 1.47 bits per heavy atom. The molecule has 19 heavy (non-hydrogen) atoms. The maximum absolute atomic E-state index is 6.21. The van der Waals surface area contributed by atoms with Crippen LogP contribution in [0, 0.1) is 6.92 Å². The maximum atomic E-state index is 6.21. The van der Waals surface area contributed by atoms with Gasteiger partial charge in [0.1, 0.15) is 17.4 Å². The molecule has 3 nitrogen and oxygen atoms in total. The van der Waals surface area contributed by atoms with Gasteiger partial charge in [-0.05, 0) is 32.4 Å². The number of halogens is 1. The molecule has 0 fully saturated rings. The highest BCUT2D eigenvalue weighted by Gasteiger charge is 2.11. The summed E-state index contributed by atoms with van der Waals surface area (Å²) in [5, 5.41) is 3.67. The number of aromatic nitrogens is 1. The molecule has 5 heteroatoms. The lowest BCUT2D eigenvalue weighted by Gasteiger charge is -2.13. The van der Waals surface area contributed by atoms with Crippen LogP contribution in [0.25, 0.3) is 0 Å². The molecule has 0 spiro atoms. The third-order valence-corrected chi connectivity index (χ3v) is 3.91. The van der Waals surface area contributed by atoms with E-state index in [0.717, 1.165) is 22.0 Å². The molecule has 0 saturated heterocycles. The van der Waals surface area contributed by atoms with Crippen molar-refractivity contribution in [3.63, 3.8) is 0 Å². The minimum atomic E-state index is 0.0457. The average molecular weight is 297 g/mol. The van der Waals surface area contributed by atoms with E-state index in [1.54, 1.807) is 11.3 Å². The first-order valence-corrected chi connectivity index (χ1v) is 7.39. The number of hydrogen-bond acceptors (Lipinski definition) is 4. The summed E-state index contributed by atoms with van der Waals surface area (Å²) in [6, 6.07) is 5.71. The average Bonchev–Trinajstić information content (AvgIpc) is 2.75. The standard InChI is InChI=1S/C14H17ClN2OS/c1-9(16)6-11-12(15)4-3-5-13(11)18-7-14-17-10(2)8-19-14/h3-5,8-9H,6-7,16H2,1-2H3. The second kappa shape index (κ2) is 6.37. The SMILES string of the molecule is Cc1csc(COc2cccc(Cl)c2CC(C)N)n1. The minimum Gasteiger partial charge on any atom is -0.486 e. The fraction of sp³-hybridized carbons (Fsp3) is 0.357. The fourth-order valence-electron chi connectivity index (χ4n) is 1.80. The van der Waals surface area contributed by atoms with Gasteiger partial charge < -0.3 is 10.5 Å². The molecule has 1 aromatic carbocycles. The number of nitrogens with two attached hydrogens (primary N) is 1. The van der Waals surface area contributed by atoms with Crippen molar-refractivity contribution >= 4 is 22.9 Å². The van der Waals surface area contributed by atoms with Crippen molar-refractivity contribution in [3.05, 3.63) is 44.9 Å². The minimum absolute atomic E-state index is 0.0457. The van der Waals surface area contributed by atoms with Crippen molar-refractivity contribution < 1.29 is 4.74 Å². The highest BCUT2D eigenvalue weighted by atomic mass is 35.5. The van der Waals surface area contributed by atoms with Crippen molar-refractivity contribution in [1.82, 2.24) is 4.98 Å². The van der Waals surface area contributed by atoms with Crippen LogP contribution in [0.4, 0.5) is 0 Å². The van der Waals surface area contributed by atoms with Crippen molar-refractivity contribution in [2.75, 3.05) is 0 Å². The Morgan fingerprint density at radius 3 is 2.89 bits per heavy atom. The molecule has 0 bridgehead atoms. The van der Waals surface area contributed by atoms with Gasteiger partial charge in [0.2, 0.25) is 0 Å². The third-order valence-electron chi connectivity index (χ3n) is 2.62. The third kappa shape index (κ3) is 3.93. The molecule has 2 aromatic rings. The van der Waals surface area contributed by atoms with Crippen LogP contribution in [-0.2, 0) is 13.0 Å². The Hall–Kier alpha value is -1.10. The Morgan fingerprint density at radius 2 is 2.26 bits per heavy atom. The van der Waals surface area contributed by atoms with Crippen molar-refractivity contribution in [1.29, 1.82) is 0 Å². The van der Waals surface area contributed by atoms with Gasteiger partial charge in [0.25, 0.3) is 0 Å². The van der Waals surface area contributed by atoms with E-state index in [1.165, 1.54) is 0 Å². The first-order chi connectivity index (χ1) is 9.06. The Labute approximate surface area is 122 Å². The second-order valence-corrected chi connectivity index (χ2v) is 5.92. The molecule has 0 amide bonds. The fourth-order valence-corrected chi connectivity index (χ4v) is 2.73. The number of rotatable bonds is 5. The smallest absolute Gasteiger partial charge is 0.140 e. The predicted octanol–water partition coefficient (Wildman–Crippen LogP) is 3.57. The summed E-state index contributed by atoms with van der Waals surface area (Å²) in [7, 11) is 0. The van der Waals surface area contributed by atoms with Crippen LogP contribution in [0.15, 0.2) is 23.6 Å². The molecule has 1 atom stereocenters. The summed E-state index contributed by atoms with van der Waals surface area (Å²) in [5.74, 6) is 0.789. The van der Waals surface area contributed by atoms with Crippen molar-refractivity contribution in [2.24, 2.45) is 5.73 Å². The molecular weight excluding hydrogens is 280 g/mol. The zero-order chi connectivity index (χ0) is 13.8. The van der Waals surface area contributed by atoms with Crippen LogP contribution in [-0.4, -0.2) is 11.0 Å². The maximum Gasteiger partial charge on any atom is 0.140 e. The van der Waals surface area contributed by atoms with E-state index in [0.29, 0.717) is 18.1 Å². The number of thiazole rings is 1. The van der Waals surface area contributed by atoms with E-state index in [2.05, 4.69) is 4.98 Å². The van der Waals surface area contributed by atoms with Crippen LogP contribution in [0.2, 0.25) is 5.02 Å². The predicted molar refractivity (Wildman–Crippen MR) is 80.0 cm³/mol. The lowest BCUT2D eigenvalue weighted by atomic mass is 10.1. The molecule has 102 valence electrons. The highest BCUT2D eigenvalue weighted by molar-refractivity contribution is 7.09. The normalized spacial score (nSPS) is 12.4. The molecule has 0 aliphatic heterocycles. The molecule has 1 unspecified atom stereocenters. The number of nitrogens with zero attached hydrogens (tertiary/aromatic N) is 1. The van der Waals surface area contributed by atoms with Gasteiger partial charge in [-0.25, -0.2) is 4.98 Å². The van der Waals surface area contributed by atoms with E-state index in [9.17, 15) is 0 Å². The molecule has 1 aromatic heterocycles. The lowest BCUT2D eigenvalue weighted by molar-refractivity contribution is 0.301. The van der Waals surface area contributed by atoms with Crippen LogP contribution in [0.5, 0.6) is 5.75 Å². The number of aryl methyl sites for hydroxylation is 1. The zero-order valence-corrected chi connectivity index (χ0v) is 12.6. The topological polar surface area (TPSA) is 48.1 Å². The summed E-state index contributed by atoms with van der Waals surface area (Å²) in [6.45, 7) is 4.39. The van der Waals surface area contributed by atoms with Crippen molar-refractivity contribution in [3.8, 4) is 5.75 Å².